The van der Waals surface area contributed by atoms with Gasteiger partial charge in [0.2, 0.25) is 0 Å². The molecule has 0 radical (unpaired) electrons. The van der Waals surface area contributed by atoms with Crippen molar-refractivity contribution >= 4 is 12.1 Å². The number of hydrogen-bond acceptors (Lipinski definition) is 5. The summed E-state index contributed by atoms with van der Waals surface area (Å²) in [5.41, 5.74) is 0. The molecule has 0 saturated carbocycles. The molecule has 25 heavy (non-hydrogen) atoms. The zero-order chi connectivity index (χ0) is 17.9. The molecule has 1 aliphatic rings. The Bertz CT molecular complexity index is 544. The van der Waals surface area contributed by atoms with Crippen molar-refractivity contribution in [3.63, 3.8) is 0 Å². The minimum atomic E-state index is -0.242. The van der Waals surface area contributed by atoms with Crippen LogP contribution in [0.2, 0.25) is 0 Å². The number of aliphatic imine (C=N–C) groups is 1. The highest BCUT2D eigenvalue weighted by Crippen LogP contribution is 2.06. The van der Waals surface area contributed by atoms with Crippen molar-refractivity contribution in [2.24, 2.45) is 4.99 Å². The summed E-state index contributed by atoms with van der Waals surface area (Å²) in [4.78, 5) is 24.3. The highest BCUT2D eigenvalue weighted by atomic mass is 16.6. The van der Waals surface area contributed by atoms with Gasteiger partial charge in [-0.15, -0.1) is 0 Å². The van der Waals surface area contributed by atoms with E-state index in [2.05, 4.69) is 20.2 Å². The van der Waals surface area contributed by atoms with Gasteiger partial charge in [-0.1, -0.05) is 0 Å². The lowest BCUT2D eigenvalue weighted by molar-refractivity contribution is 0.0914. The van der Waals surface area contributed by atoms with Gasteiger partial charge in [0, 0.05) is 38.9 Å². The van der Waals surface area contributed by atoms with E-state index in [-0.39, 0.29) is 6.09 Å². The fourth-order valence-electron chi connectivity index (χ4n) is 2.49. The highest BCUT2D eigenvalue weighted by Gasteiger charge is 2.23. The first kappa shape index (κ1) is 18.8. The van der Waals surface area contributed by atoms with E-state index in [0.29, 0.717) is 32.8 Å². The number of carbonyl (C=O) groups is 1. The molecule has 1 amide bonds. The Hall–Kier alpha value is -2.51. The number of guanidine groups is 1. The Morgan fingerprint density at radius 1 is 1.28 bits per heavy atom. The van der Waals surface area contributed by atoms with Crippen LogP contribution in [-0.2, 0) is 4.74 Å². The summed E-state index contributed by atoms with van der Waals surface area (Å²) in [5.74, 6) is 1.59. The monoisotopic (exact) mass is 349 g/mol. The van der Waals surface area contributed by atoms with Crippen LogP contribution in [0.25, 0.3) is 0 Å². The lowest BCUT2D eigenvalue weighted by Gasteiger charge is -2.35. The Morgan fingerprint density at radius 3 is 2.68 bits per heavy atom. The second-order valence-corrected chi connectivity index (χ2v) is 5.45. The number of nitrogens with one attached hydrogen (secondary N) is 1. The van der Waals surface area contributed by atoms with Gasteiger partial charge in [-0.2, -0.15) is 0 Å². The molecule has 2 rings (SSSR count). The molecule has 8 heteroatoms. The molecule has 0 spiro atoms. The van der Waals surface area contributed by atoms with E-state index in [4.69, 9.17) is 9.47 Å². The molecule has 0 bridgehead atoms. The lowest BCUT2D eigenvalue weighted by atomic mass is 10.3. The van der Waals surface area contributed by atoms with Crippen LogP contribution in [0.5, 0.6) is 5.75 Å². The largest absolute Gasteiger partial charge is 0.490 e. The summed E-state index contributed by atoms with van der Waals surface area (Å²) in [5, 5.41) is 3.29. The van der Waals surface area contributed by atoms with E-state index in [1.807, 2.05) is 26.0 Å². The van der Waals surface area contributed by atoms with Gasteiger partial charge in [0.1, 0.15) is 12.4 Å². The smallest absolute Gasteiger partial charge is 0.409 e. The normalized spacial score (nSPS) is 15.0. The van der Waals surface area contributed by atoms with E-state index >= 15 is 0 Å². The van der Waals surface area contributed by atoms with Crippen LogP contribution in [0.15, 0.2) is 29.5 Å². The molecule has 1 N–H and O–H groups in total. The second kappa shape index (κ2) is 10.4. The number of piperazine rings is 1. The number of nitrogens with zero attached hydrogens (tertiary/aromatic N) is 4. The van der Waals surface area contributed by atoms with Crippen molar-refractivity contribution in [2.45, 2.75) is 13.8 Å². The molecule has 0 atom stereocenters. The Kier molecular flexibility index (Phi) is 7.81. The van der Waals surface area contributed by atoms with Crippen molar-refractivity contribution in [2.75, 3.05) is 52.5 Å². The number of rotatable bonds is 6. The van der Waals surface area contributed by atoms with E-state index in [9.17, 15) is 4.79 Å². The molecular weight excluding hydrogens is 322 g/mol. The molecule has 1 fully saturated rings. The Labute approximate surface area is 148 Å². The predicted molar refractivity (Wildman–Crippen MR) is 95.9 cm³/mol. The number of ether oxygens (including phenoxy) is 2. The Balaban J connectivity index is 1.80. The molecule has 1 aromatic rings. The van der Waals surface area contributed by atoms with Gasteiger partial charge in [-0.25, -0.2) is 9.79 Å². The highest BCUT2D eigenvalue weighted by molar-refractivity contribution is 5.80. The lowest BCUT2D eigenvalue weighted by Crippen LogP contribution is -2.54. The molecule has 0 aromatic carbocycles. The number of aromatic nitrogens is 1. The zero-order valence-corrected chi connectivity index (χ0v) is 15.0. The SMILES string of the molecule is CCNC(=NCCOc1cccnc1)N1CCN(C(=O)OCC)CC1. The molecule has 0 aliphatic carbocycles. The summed E-state index contributed by atoms with van der Waals surface area (Å²) in [6.07, 6.45) is 3.15. The molecule has 1 aromatic heterocycles. The fourth-order valence-corrected chi connectivity index (χ4v) is 2.49. The average Bonchev–Trinajstić information content (AvgIpc) is 2.65. The van der Waals surface area contributed by atoms with Gasteiger partial charge in [-0.3, -0.25) is 4.98 Å². The van der Waals surface area contributed by atoms with Crippen LogP contribution < -0.4 is 10.1 Å². The molecule has 0 unspecified atom stereocenters. The van der Waals surface area contributed by atoms with E-state index in [1.165, 1.54) is 0 Å². The summed E-state index contributed by atoms with van der Waals surface area (Å²) in [7, 11) is 0. The van der Waals surface area contributed by atoms with Crippen LogP contribution in [-0.4, -0.2) is 79.3 Å². The van der Waals surface area contributed by atoms with Crippen LogP contribution in [0.3, 0.4) is 0 Å². The average molecular weight is 349 g/mol. The van der Waals surface area contributed by atoms with Gasteiger partial charge < -0.3 is 24.6 Å². The first-order chi connectivity index (χ1) is 12.2. The molecule has 2 heterocycles. The van der Waals surface area contributed by atoms with Crippen molar-refractivity contribution in [3.8, 4) is 5.75 Å². The molecular formula is C17H27N5O3. The maximum absolute atomic E-state index is 11.8. The quantitative estimate of drug-likeness (QED) is 0.472. The van der Waals surface area contributed by atoms with E-state index < -0.39 is 0 Å². The van der Waals surface area contributed by atoms with Gasteiger partial charge in [0.05, 0.1) is 19.3 Å². The van der Waals surface area contributed by atoms with Crippen LogP contribution in [0.1, 0.15) is 13.8 Å². The summed E-state index contributed by atoms with van der Waals surface area (Å²) in [6, 6.07) is 3.71. The van der Waals surface area contributed by atoms with E-state index in [0.717, 1.165) is 31.3 Å². The van der Waals surface area contributed by atoms with Crippen molar-refractivity contribution in [3.05, 3.63) is 24.5 Å². The summed E-state index contributed by atoms with van der Waals surface area (Å²) in [6.45, 7) is 8.82. The fraction of sp³-hybridized carbons (Fsp3) is 0.588. The van der Waals surface area contributed by atoms with Crippen LogP contribution in [0.4, 0.5) is 4.79 Å². The molecule has 138 valence electrons. The predicted octanol–water partition coefficient (Wildman–Crippen LogP) is 1.20. The maximum atomic E-state index is 11.8. The van der Waals surface area contributed by atoms with Gasteiger partial charge in [-0.05, 0) is 26.0 Å². The van der Waals surface area contributed by atoms with E-state index in [1.54, 1.807) is 17.3 Å². The number of carbonyl (C=O) groups excluding carboxylic acids is 1. The van der Waals surface area contributed by atoms with Crippen molar-refractivity contribution in [1.29, 1.82) is 0 Å². The zero-order valence-electron chi connectivity index (χ0n) is 15.0. The van der Waals surface area contributed by atoms with Crippen molar-refractivity contribution < 1.29 is 14.3 Å². The summed E-state index contributed by atoms with van der Waals surface area (Å²) >= 11 is 0. The van der Waals surface area contributed by atoms with Gasteiger partial charge in [0.25, 0.3) is 0 Å². The number of pyridine rings is 1. The second-order valence-electron chi connectivity index (χ2n) is 5.45. The Morgan fingerprint density at radius 2 is 2.04 bits per heavy atom. The minimum Gasteiger partial charge on any atom is -0.490 e. The molecule has 1 saturated heterocycles. The molecule has 8 nitrogen and oxygen atoms in total. The maximum Gasteiger partial charge on any atom is 0.409 e. The standard InChI is InChI=1S/C17H27N5O3/c1-3-19-16(20-8-13-25-15-6-5-7-18-14-15)21-9-11-22(12-10-21)17(23)24-4-2/h5-7,14H,3-4,8-13H2,1-2H3,(H,19,20). The number of hydrogen-bond donors (Lipinski definition) is 1. The van der Waals surface area contributed by atoms with Crippen molar-refractivity contribution in [1.82, 2.24) is 20.1 Å². The first-order valence-corrected chi connectivity index (χ1v) is 8.72. The summed E-state index contributed by atoms with van der Waals surface area (Å²) < 4.78 is 10.7. The third-order valence-corrected chi connectivity index (χ3v) is 3.70. The van der Waals surface area contributed by atoms with Crippen LogP contribution in [0, 0.1) is 0 Å². The molecule has 1 aliphatic heterocycles. The van der Waals surface area contributed by atoms with Crippen LogP contribution >= 0.6 is 0 Å². The van der Waals surface area contributed by atoms with Gasteiger partial charge >= 0.3 is 6.09 Å². The minimum absolute atomic E-state index is 0.242. The van der Waals surface area contributed by atoms with Gasteiger partial charge in [0.15, 0.2) is 5.96 Å². The topological polar surface area (TPSA) is 79.3 Å². The third-order valence-electron chi connectivity index (χ3n) is 3.70. The third kappa shape index (κ3) is 6.13. The number of amides is 1. The first-order valence-electron chi connectivity index (χ1n) is 8.72.